The lowest BCUT2D eigenvalue weighted by Crippen LogP contribution is -2.48. The first-order valence-corrected chi connectivity index (χ1v) is 9.24. The summed E-state index contributed by atoms with van der Waals surface area (Å²) in [6.07, 6.45) is 5.81. The van der Waals surface area contributed by atoms with Crippen LogP contribution in [0.1, 0.15) is 36.1 Å². The third-order valence-electron chi connectivity index (χ3n) is 6.74. The molecule has 1 aromatic heterocycles. The first-order valence-electron chi connectivity index (χ1n) is 9.24. The van der Waals surface area contributed by atoms with Gasteiger partial charge in [-0.3, -0.25) is 4.98 Å². The molecule has 2 nitrogen and oxygen atoms in total. The Morgan fingerprint density at radius 2 is 1.35 bits per heavy atom. The molecule has 26 heavy (non-hydrogen) atoms. The highest BCUT2D eigenvalue weighted by Crippen LogP contribution is 2.76. The average Bonchev–Trinajstić information content (AvgIpc) is 3.18. The number of carbonyl (C=O) groups excluding carboxylic acids is 1. The average molecular weight is 339 g/mol. The third kappa shape index (κ3) is 1.82. The third-order valence-corrected chi connectivity index (χ3v) is 6.74. The number of aldehydes is 1. The summed E-state index contributed by atoms with van der Waals surface area (Å²) in [6.45, 7) is 0. The Morgan fingerprint density at radius 1 is 0.731 bits per heavy atom. The summed E-state index contributed by atoms with van der Waals surface area (Å²) >= 11 is 0. The largest absolute Gasteiger partial charge is 0.303 e. The minimum atomic E-state index is -0.376. The number of aromatic nitrogens is 1. The van der Waals surface area contributed by atoms with Crippen LogP contribution in [0.4, 0.5) is 0 Å². The zero-order valence-electron chi connectivity index (χ0n) is 14.6. The van der Waals surface area contributed by atoms with Crippen LogP contribution in [-0.2, 0) is 15.6 Å². The van der Waals surface area contributed by atoms with Crippen molar-refractivity contribution in [2.75, 3.05) is 0 Å². The summed E-state index contributed by atoms with van der Waals surface area (Å²) in [5.41, 5.74) is 2.92. The molecule has 0 aliphatic heterocycles. The lowest BCUT2D eigenvalue weighted by atomic mass is 9.53. The van der Waals surface area contributed by atoms with E-state index in [1.54, 1.807) is 0 Å². The van der Waals surface area contributed by atoms with Crippen LogP contribution in [0, 0.1) is 5.41 Å². The van der Waals surface area contributed by atoms with Crippen molar-refractivity contribution in [3.8, 4) is 0 Å². The molecule has 6 rings (SSSR count). The van der Waals surface area contributed by atoms with E-state index in [-0.39, 0.29) is 16.2 Å². The van der Waals surface area contributed by atoms with Crippen molar-refractivity contribution < 1.29 is 4.79 Å². The summed E-state index contributed by atoms with van der Waals surface area (Å²) in [4.78, 5) is 17.2. The molecule has 3 saturated carbocycles. The number of benzene rings is 2. The molecular formula is C24H21NO. The van der Waals surface area contributed by atoms with E-state index in [9.17, 15) is 4.79 Å². The van der Waals surface area contributed by atoms with Gasteiger partial charge in [0.25, 0.3) is 0 Å². The van der Waals surface area contributed by atoms with Crippen LogP contribution in [0.15, 0.2) is 85.1 Å². The molecule has 1 atom stereocenters. The number of hydrogen-bond acceptors (Lipinski definition) is 2. The molecule has 3 aromatic rings. The molecule has 0 spiro atoms. The van der Waals surface area contributed by atoms with E-state index in [1.807, 2.05) is 24.4 Å². The molecule has 128 valence electrons. The smallest absolute Gasteiger partial charge is 0.127 e. The Morgan fingerprint density at radius 3 is 1.92 bits per heavy atom. The standard InChI is InChI=1S/C24H21NO/c26-18-23-15-22(16-23,19-9-3-1-4-10-19)17-24(23,20-11-5-2-6-12-20)21-13-7-8-14-25-21/h1-14,18H,15-17H2. The van der Waals surface area contributed by atoms with Crippen LogP contribution in [0.2, 0.25) is 0 Å². The van der Waals surface area contributed by atoms with Crippen LogP contribution < -0.4 is 0 Å². The number of nitrogens with zero attached hydrogens (tertiary/aromatic N) is 1. The molecule has 3 aliphatic carbocycles. The Kier molecular flexibility index (Phi) is 3.21. The van der Waals surface area contributed by atoms with Crippen molar-refractivity contribution in [3.63, 3.8) is 0 Å². The zero-order valence-corrected chi connectivity index (χ0v) is 14.6. The van der Waals surface area contributed by atoms with Gasteiger partial charge in [0.1, 0.15) is 6.29 Å². The van der Waals surface area contributed by atoms with Crippen molar-refractivity contribution in [2.24, 2.45) is 5.41 Å². The van der Waals surface area contributed by atoms with Gasteiger partial charge < -0.3 is 4.79 Å². The Labute approximate surface area is 153 Å². The van der Waals surface area contributed by atoms with E-state index in [1.165, 1.54) is 17.4 Å². The second kappa shape index (κ2) is 5.38. The van der Waals surface area contributed by atoms with Gasteiger partial charge in [-0.05, 0) is 47.9 Å². The number of pyridine rings is 1. The summed E-state index contributed by atoms with van der Waals surface area (Å²) < 4.78 is 0. The molecular weight excluding hydrogens is 318 g/mol. The van der Waals surface area contributed by atoms with E-state index in [4.69, 9.17) is 4.98 Å². The van der Waals surface area contributed by atoms with Crippen LogP contribution in [0.3, 0.4) is 0 Å². The van der Waals surface area contributed by atoms with Gasteiger partial charge in [0.15, 0.2) is 0 Å². The molecule has 3 fully saturated rings. The van der Waals surface area contributed by atoms with Gasteiger partial charge in [0, 0.05) is 11.6 Å². The van der Waals surface area contributed by atoms with Gasteiger partial charge in [-0.2, -0.15) is 0 Å². The fourth-order valence-corrected chi connectivity index (χ4v) is 5.77. The first kappa shape index (κ1) is 15.5. The number of hydrogen-bond donors (Lipinski definition) is 0. The Bertz CT molecular complexity index is 888. The molecule has 2 bridgehead atoms. The molecule has 0 amide bonds. The predicted molar refractivity (Wildman–Crippen MR) is 102 cm³/mol. The van der Waals surface area contributed by atoms with Crippen molar-refractivity contribution in [1.29, 1.82) is 0 Å². The van der Waals surface area contributed by atoms with Gasteiger partial charge in [0.05, 0.1) is 11.1 Å². The van der Waals surface area contributed by atoms with Gasteiger partial charge in [-0.25, -0.2) is 0 Å². The van der Waals surface area contributed by atoms with Crippen molar-refractivity contribution >= 4 is 6.29 Å². The van der Waals surface area contributed by atoms with Crippen LogP contribution in [-0.4, -0.2) is 11.3 Å². The van der Waals surface area contributed by atoms with Crippen molar-refractivity contribution in [1.82, 2.24) is 4.98 Å². The quantitative estimate of drug-likeness (QED) is 0.646. The highest BCUT2D eigenvalue weighted by atomic mass is 16.1. The Hall–Kier alpha value is -2.74. The van der Waals surface area contributed by atoms with Crippen LogP contribution in [0.25, 0.3) is 0 Å². The van der Waals surface area contributed by atoms with Gasteiger partial charge >= 0.3 is 0 Å². The summed E-state index contributed by atoms with van der Waals surface area (Å²) in [6, 6.07) is 27.3. The lowest BCUT2D eigenvalue weighted by Gasteiger charge is -2.48. The van der Waals surface area contributed by atoms with E-state index in [0.29, 0.717) is 0 Å². The van der Waals surface area contributed by atoms with Gasteiger partial charge in [-0.15, -0.1) is 0 Å². The summed E-state index contributed by atoms with van der Waals surface area (Å²) in [5.74, 6) is 0. The SMILES string of the molecule is O=CC12CC(c3ccccc3)(C1)CC2(c1ccccc1)c1ccccn1. The highest BCUT2D eigenvalue weighted by molar-refractivity contribution is 5.73. The molecule has 0 N–H and O–H groups in total. The fourth-order valence-electron chi connectivity index (χ4n) is 5.77. The van der Waals surface area contributed by atoms with Crippen LogP contribution >= 0.6 is 0 Å². The molecule has 0 saturated heterocycles. The molecule has 3 aliphatic rings. The first-order chi connectivity index (χ1) is 12.7. The maximum absolute atomic E-state index is 12.5. The maximum Gasteiger partial charge on any atom is 0.127 e. The number of fused-ring (bicyclic) bond motifs is 1. The lowest BCUT2D eigenvalue weighted by molar-refractivity contribution is -0.122. The van der Waals surface area contributed by atoms with Gasteiger partial charge in [-0.1, -0.05) is 66.7 Å². The Balaban J connectivity index is 1.75. The van der Waals surface area contributed by atoms with Crippen molar-refractivity contribution in [3.05, 3.63) is 102 Å². The predicted octanol–water partition coefficient (Wildman–Crippen LogP) is 4.69. The normalized spacial score (nSPS) is 32.0. The second-order valence-corrected chi connectivity index (χ2v) is 7.94. The van der Waals surface area contributed by atoms with Gasteiger partial charge in [0.2, 0.25) is 0 Å². The maximum atomic E-state index is 12.5. The number of rotatable bonds is 4. The van der Waals surface area contributed by atoms with Crippen molar-refractivity contribution in [2.45, 2.75) is 30.1 Å². The minimum Gasteiger partial charge on any atom is -0.303 e. The highest BCUT2D eigenvalue weighted by Gasteiger charge is 2.75. The zero-order chi connectivity index (χ0) is 17.7. The fraction of sp³-hybridized carbons (Fsp3) is 0.250. The van der Waals surface area contributed by atoms with E-state index in [0.717, 1.165) is 25.0 Å². The minimum absolute atomic E-state index is 0.0650. The molecule has 1 heterocycles. The monoisotopic (exact) mass is 339 g/mol. The van der Waals surface area contributed by atoms with E-state index in [2.05, 4.69) is 60.7 Å². The van der Waals surface area contributed by atoms with E-state index >= 15 is 0 Å². The topological polar surface area (TPSA) is 30.0 Å². The summed E-state index contributed by atoms with van der Waals surface area (Å²) in [5, 5.41) is 0. The summed E-state index contributed by atoms with van der Waals surface area (Å²) in [7, 11) is 0. The molecule has 2 aromatic carbocycles. The second-order valence-electron chi connectivity index (χ2n) is 7.94. The van der Waals surface area contributed by atoms with E-state index < -0.39 is 0 Å². The number of carbonyl (C=O) groups is 1. The molecule has 1 unspecified atom stereocenters. The molecule has 2 heteroatoms. The van der Waals surface area contributed by atoms with Crippen LogP contribution in [0.5, 0.6) is 0 Å². The molecule has 0 radical (unpaired) electrons.